The van der Waals surface area contributed by atoms with Gasteiger partial charge in [-0.25, -0.2) is 0 Å². The Morgan fingerprint density at radius 1 is 1.19 bits per heavy atom. The van der Waals surface area contributed by atoms with E-state index in [1.807, 2.05) is 12.1 Å². The van der Waals surface area contributed by atoms with Gasteiger partial charge in [0.05, 0.1) is 0 Å². The topological polar surface area (TPSA) is 51.1 Å². The predicted molar refractivity (Wildman–Crippen MR) is 83.0 cm³/mol. The molecule has 2 rings (SSSR count). The lowest BCUT2D eigenvalue weighted by atomic mass is 10.0. The number of carbonyl (C=O) groups is 1. The first-order valence-corrected chi connectivity index (χ1v) is 7.03. The second kappa shape index (κ2) is 6.88. The number of aromatic nitrogens is 1. The SMILES string of the molecule is Cc1ccccc1CCC(=O)NCc1ccc(=O)n(C)c1. The van der Waals surface area contributed by atoms with Crippen LogP contribution in [-0.2, 0) is 24.8 Å². The first kappa shape index (κ1) is 15.0. The summed E-state index contributed by atoms with van der Waals surface area (Å²) in [6.07, 6.45) is 2.95. The molecule has 0 bridgehead atoms. The smallest absolute Gasteiger partial charge is 0.250 e. The third kappa shape index (κ3) is 4.31. The van der Waals surface area contributed by atoms with E-state index in [0.29, 0.717) is 13.0 Å². The molecule has 0 aliphatic carbocycles. The summed E-state index contributed by atoms with van der Waals surface area (Å²) in [6, 6.07) is 11.3. The van der Waals surface area contributed by atoms with E-state index in [-0.39, 0.29) is 11.5 Å². The zero-order valence-corrected chi connectivity index (χ0v) is 12.4. The second-order valence-electron chi connectivity index (χ2n) is 5.19. The zero-order valence-electron chi connectivity index (χ0n) is 12.4. The number of amides is 1. The average molecular weight is 284 g/mol. The number of hydrogen-bond acceptors (Lipinski definition) is 2. The van der Waals surface area contributed by atoms with Crippen LogP contribution in [0.5, 0.6) is 0 Å². The van der Waals surface area contributed by atoms with Crippen LogP contribution in [0, 0.1) is 6.92 Å². The standard InChI is InChI=1S/C17H20N2O2/c1-13-5-3-4-6-15(13)8-9-16(20)18-11-14-7-10-17(21)19(2)12-14/h3-7,10,12H,8-9,11H2,1-2H3,(H,18,20). The van der Waals surface area contributed by atoms with Crippen LogP contribution in [0.1, 0.15) is 23.1 Å². The third-order valence-electron chi connectivity index (χ3n) is 3.52. The van der Waals surface area contributed by atoms with Crippen LogP contribution < -0.4 is 10.9 Å². The first-order chi connectivity index (χ1) is 10.1. The van der Waals surface area contributed by atoms with Crippen molar-refractivity contribution in [3.8, 4) is 0 Å². The molecule has 0 aliphatic rings. The van der Waals surface area contributed by atoms with Gasteiger partial charge in [-0.15, -0.1) is 0 Å². The van der Waals surface area contributed by atoms with Crippen LogP contribution in [-0.4, -0.2) is 10.5 Å². The number of nitrogens with zero attached hydrogens (tertiary/aromatic N) is 1. The Morgan fingerprint density at radius 3 is 2.67 bits per heavy atom. The van der Waals surface area contributed by atoms with Gasteiger partial charge in [-0.3, -0.25) is 9.59 Å². The minimum atomic E-state index is -0.0513. The monoisotopic (exact) mass is 284 g/mol. The molecule has 1 N–H and O–H groups in total. The van der Waals surface area contributed by atoms with Crippen molar-refractivity contribution >= 4 is 5.91 Å². The molecule has 0 spiro atoms. The summed E-state index contributed by atoms with van der Waals surface area (Å²) in [5.74, 6) is 0.0205. The molecule has 4 nitrogen and oxygen atoms in total. The number of rotatable bonds is 5. The first-order valence-electron chi connectivity index (χ1n) is 7.03. The van der Waals surface area contributed by atoms with Crippen molar-refractivity contribution in [3.63, 3.8) is 0 Å². The number of aryl methyl sites for hydroxylation is 3. The van der Waals surface area contributed by atoms with E-state index in [9.17, 15) is 9.59 Å². The highest BCUT2D eigenvalue weighted by Gasteiger charge is 2.04. The van der Waals surface area contributed by atoms with Crippen LogP contribution in [0.15, 0.2) is 47.4 Å². The molecule has 0 radical (unpaired) electrons. The summed E-state index contributed by atoms with van der Waals surface area (Å²) in [7, 11) is 1.70. The summed E-state index contributed by atoms with van der Waals surface area (Å²) in [5.41, 5.74) is 3.28. The van der Waals surface area contributed by atoms with Gasteiger partial charge in [-0.2, -0.15) is 0 Å². The van der Waals surface area contributed by atoms with E-state index in [0.717, 1.165) is 12.0 Å². The molecule has 1 aromatic heterocycles. The van der Waals surface area contributed by atoms with Gasteiger partial charge in [-0.1, -0.05) is 30.3 Å². The van der Waals surface area contributed by atoms with Gasteiger partial charge in [-0.05, 0) is 30.0 Å². The van der Waals surface area contributed by atoms with Crippen molar-refractivity contribution in [1.82, 2.24) is 9.88 Å². The second-order valence-corrected chi connectivity index (χ2v) is 5.19. The van der Waals surface area contributed by atoms with Crippen molar-refractivity contribution in [2.45, 2.75) is 26.3 Å². The highest BCUT2D eigenvalue weighted by Crippen LogP contribution is 2.09. The van der Waals surface area contributed by atoms with Crippen molar-refractivity contribution in [2.24, 2.45) is 7.05 Å². The van der Waals surface area contributed by atoms with E-state index in [1.54, 1.807) is 19.3 Å². The van der Waals surface area contributed by atoms with Crippen molar-refractivity contribution in [3.05, 3.63) is 69.6 Å². The van der Waals surface area contributed by atoms with Gasteiger partial charge < -0.3 is 9.88 Å². The lowest BCUT2D eigenvalue weighted by molar-refractivity contribution is -0.121. The summed E-state index contributed by atoms with van der Waals surface area (Å²) in [5, 5.41) is 2.88. The Bertz CT molecular complexity index is 689. The summed E-state index contributed by atoms with van der Waals surface area (Å²) < 4.78 is 1.51. The maximum absolute atomic E-state index is 11.9. The zero-order chi connectivity index (χ0) is 15.2. The maximum Gasteiger partial charge on any atom is 0.250 e. The number of carbonyl (C=O) groups excluding carboxylic acids is 1. The molecule has 21 heavy (non-hydrogen) atoms. The number of hydrogen-bond donors (Lipinski definition) is 1. The minimum absolute atomic E-state index is 0.0205. The Labute approximate surface area is 124 Å². The van der Waals surface area contributed by atoms with Crippen LogP contribution >= 0.6 is 0 Å². The van der Waals surface area contributed by atoms with E-state index < -0.39 is 0 Å². The Hall–Kier alpha value is -2.36. The molecule has 1 amide bonds. The van der Waals surface area contributed by atoms with E-state index >= 15 is 0 Å². The number of pyridine rings is 1. The molecule has 1 aromatic carbocycles. The lowest BCUT2D eigenvalue weighted by Crippen LogP contribution is -2.24. The van der Waals surface area contributed by atoms with Crippen molar-refractivity contribution in [2.75, 3.05) is 0 Å². The Balaban J connectivity index is 1.83. The lowest BCUT2D eigenvalue weighted by Gasteiger charge is -2.08. The van der Waals surface area contributed by atoms with Gasteiger partial charge in [0.1, 0.15) is 0 Å². The molecule has 0 saturated carbocycles. The van der Waals surface area contributed by atoms with Crippen molar-refractivity contribution < 1.29 is 4.79 Å². The minimum Gasteiger partial charge on any atom is -0.352 e. The fourth-order valence-electron chi connectivity index (χ4n) is 2.18. The Kier molecular flexibility index (Phi) is 4.93. The molecule has 4 heteroatoms. The largest absolute Gasteiger partial charge is 0.352 e. The fourth-order valence-corrected chi connectivity index (χ4v) is 2.18. The van der Waals surface area contributed by atoms with Gasteiger partial charge in [0, 0.05) is 32.3 Å². The van der Waals surface area contributed by atoms with E-state index in [1.165, 1.54) is 21.8 Å². The van der Waals surface area contributed by atoms with Crippen LogP contribution in [0.2, 0.25) is 0 Å². The van der Waals surface area contributed by atoms with Gasteiger partial charge >= 0.3 is 0 Å². The van der Waals surface area contributed by atoms with Crippen LogP contribution in [0.4, 0.5) is 0 Å². The number of nitrogens with one attached hydrogen (secondary N) is 1. The summed E-state index contributed by atoms with van der Waals surface area (Å²) >= 11 is 0. The van der Waals surface area contributed by atoms with Gasteiger partial charge in [0.2, 0.25) is 11.5 Å². The maximum atomic E-state index is 11.9. The van der Waals surface area contributed by atoms with Crippen LogP contribution in [0.3, 0.4) is 0 Å². The summed E-state index contributed by atoms with van der Waals surface area (Å²) in [6.45, 7) is 2.50. The fraction of sp³-hybridized carbons (Fsp3) is 0.294. The van der Waals surface area contributed by atoms with Crippen LogP contribution in [0.25, 0.3) is 0 Å². The molecule has 0 atom stereocenters. The summed E-state index contributed by atoms with van der Waals surface area (Å²) in [4.78, 5) is 23.1. The van der Waals surface area contributed by atoms with Gasteiger partial charge in [0.25, 0.3) is 0 Å². The number of benzene rings is 1. The quantitative estimate of drug-likeness (QED) is 0.912. The molecular formula is C17H20N2O2. The highest BCUT2D eigenvalue weighted by molar-refractivity contribution is 5.76. The normalized spacial score (nSPS) is 10.4. The van der Waals surface area contributed by atoms with E-state index in [2.05, 4.69) is 24.4 Å². The molecule has 0 aliphatic heterocycles. The Morgan fingerprint density at radius 2 is 1.95 bits per heavy atom. The predicted octanol–water partition coefficient (Wildman–Crippen LogP) is 1.94. The molecule has 0 fully saturated rings. The average Bonchev–Trinajstić information content (AvgIpc) is 2.47. The molecule has 0 unspecified atom stereocenters. The molecule has 110 valence electrons. The van der Waals surface area contributed by atoms with E-state index in [4.69, 9.17) is 0 Å². The highest BCUT2D eigenvalue weighted by atomic mass is 16.1. The van der Waals surface area contributed by atoms with Crippen molar-refractivity contribution in [1.29, 1.82) is 0 Å². The van der Waals surface area contributed by atoms with Gasteiger partial charge in [0.15, 0.2) is 0 Å². The molecule has 1 heterocycles. The molecule has 0 saturated heterocycles. The molecule has 2 aromatic rings. The third-order valence-corrected chi connectivity index (χ3v) is 3.52. The molecular weight excluding hydrogens is 264 g/mol.